The summed E-state index contributed by atoms with van der Waals surface area (Å²) in [6.45, 7) is 0. The van der Waals surface area contributed by atoms with Gasteiger partial charge in [-0.2, -0.15) is 5.26 Å². The van der Waals surface area contributed by atoms with Crippen molar-refractivity contribution >= 4 is 17.3 Å². The van der Waals surface area contributed by atoms with Crippen LogP contribution in [0.15, 0.2) is 42.5 Å². The highest BCUT2D eigenvalue weighted by Crippen LogP contribution is 2.25. The SMILES string of the molecule is COc1cccc(NC(C#N)c2cc(F)cc(Cl)c2)c1. The van der Waals surface area contributed by atoms with Crippen molar-refractivity contribution in [3.8, 4) is 11.8 Å². The van der Waals surface area contributed by atoms with Crippen molar-refractivity contribution in [1.29, 1.82) is 5.26 Å². The molecule has 0 radical (unpaired) electrons. The van der Waals surface area contributed by atoms with E-state index < -0.39 is 11.9 Å². The predicted octanol–water partition coefficient (Wildman–Crippen LogP) is 4.16. The molecule has 1 N–H and O–H groups in total. The highest BCUT2D eigenvalue weighted by molar-refractivity contribution is 6.30. The molecule has 0 aliphatic carbocycles. The number of hydrogen-bond acceptors (Lipinski definition) is 3. The summed E-state index contributed by atoms with van der Waals surface area (Å²) < 4.78 is 18.5. The zero-order chi connectivity index (χ0) is 14.5. The van der Waals surface area contributed by atoms with Crippen LogP contribution in [0.3, 0.4) is 0 Å². The summed E-state index contributed by atoms with van der Waals surface area (Å²) in [6.07, 6.45) is 0. The minimum atomic E-state index is -0.699. The van der Waals surface area contributed by atoms with E-state index in [-0.39, 0.29) is 5.02 Å². The third-order valence-electron chi connectivity index (χ3n) is 2.73. The number of nitriles is 1. The third kappa shape index (κ3) is 3.40. The zero-order valence-corrected chi connectivity index (χ0v) is 11.5. The van der Waals surface area contributed by atoms with Crippen LogP contribution in [-0.2, 0) is 0 Å². The van der Waals surface area contributed by atoms with Gasteiger partial charge in [0.2, 0.25) is 0 Å². The average molecular weight is 291 g/mol. The van der Waals surface area contributed by atoms with Crippen LogP contribution >= 0.6 is 11.6 Å². The van der Waals surface area contributed by atoms with Crippen molar-refractivity contribution < 1.29 is 9.13 Å². The van der Waals surface area contributed by atoms with Crippen LogP contribution in [0.25, 0.3) is 0 Å². The van der Waals surface area contributed by atoms with E-state index in [1.165, 1.54) is 12.1 Å². The molecule has 2 aromatic rings. The fraction of sp³-hybridized carbons (Fsp3) is 0.133. The van der Waals surface area contributed by atoms with Crippen LogP contribution in [0.1, 0.15) is 11.6 Å². The molecule has 0 bridgehead atoms. The predicted molar refractivity (Wildman–Crippen MR) is 76.4 cm³/mol. The maximum Gasteiger partial charge on any atom is 0.140 e. The summed E-state index contributed by atoms with van der Waals surface area (Å²) in [7, 11) is 1.56. The van der Waals surface area contributed by atoms with Gasteiger partial charge in [0.05, 0.1) is 13.2 Å². The summed E-state index contributed by atoms with van der Waals surface area (Å²) in [6, 6.07) is 12.6. The highest BCUT2D eigenvalue weighted by Gasteiger charge is 2.12. The van der Waals surface area contributed by atoms with Crippen LogP contribution in [0, 0.1) is 17.1 Å². The lowest BCUT2D eigenvalue weighted by molar-refractivity contribution is 0.415. The monoisotopic (exact) mass is 290 g/mol. The number of hydrogen-bond donors (Lipinski definition) is 1. The minimum absolute atomic E-state index is 0.257. The molecule has 1 atom stereocenters. The number of benzene rings is 2. The average Bonchev–Trinajstić information content (AvgIpc) is 2.44. The first kappa shape index (κ1) is 14.2. The van der Waals surface area contributed by atoms with Gasteiger partial charge in [0.25, 0.3) is 0 Å². The Morgan fingerprint density at radius 3 is 2.75 bits per heavy atom. The summed E-state index contributed by atoms with van der Waals surface area (Å²) in [5.74, 6) is 0.198. The quantitative estimate of drug-likeness (QED) is 0.919. The molecule has 3 nitrogen and oxygen atoms in total. The molecule has 2 aromatic carbocycles. The Labute approximate surface area is 121 Å². The second-order valence-electron chi connectivity index (χ2n) is 4.14. The largest absolute Gasteiger partial charge is 0.497 e. The number of ether oxygens (including phenoxy) is 1. The maximum atomic E-state index is 13.3. The van der Waals surface area contributed by atoms with E-state index in [2.05, 4.69) is 11.4 Å². The zero-order valence-electron chi connectivity index (χ0n) is 10.7. The van der Waals surface area contributed by atoms with Crippen molar-refractivity contribution in [3.63, 3.8) is 0 Å². The molecule has 0 spiro atoms. The van der Waals surface area contributed by atoms with E-state index in [4.69, 9.17) is 16.3 Å². The molecule has 0 aliphatic rings. The van der Waals surface area contributed by atoms with Gasteiger partial charge in [0, 0.05) is 16.8 Å². The number of nitrogens with one attached hydrogen (secondary N) is 1. The maximum absolute atomic E-state index is 13.3. The smallest absolute Gasteiger partial charge is 0.140 e. The molecule has 102 valence electrons. The molecule has 0 amide bonds. The van der Waals surface area contributed by atoms with Crippen LogP contribution < -0.4 is 10.1 Å². The molecule has 0 saturated heterocycles. The van der Waals surface area contributed by atoms with Crippen LogP contribution in [-0.4, -0.2) is 7.11 Å². The summed E-state index contributed by atoms with van der Waals surface area (Å²) in [5.41, 5.74) is 1.18. The molecule has 20 heavy (non-hydrogen) atoms. The van der Waals surface area contributed by atoms with Crippen molar-refractivity contribution in [2.45, 2.75) is 6.04 Å². The van der Waals surface area contributed by atoms with Crippen molar-refractivity contribution in [2.24, 2.45) is 0 Å². The third-order valence-corrected chi connectivity index (χ3v) is 2.95. The van der Waals surface area contributed by atoms with Gasteiger partial charge in [-0.1, -0.05) is 17.7 Å². The van der Waals surface area contributed by atoms with E-state index in [9.17, 15) is 9.65 Å². The normalized spacial score (nSPS) is 11.5. The molecule has 0 fully saturated rings. The molecule has 1 unspecified atom stereocenters. The van der Waals surface area contributed by atoms with E-state index in [1.54, 1.807) is 37.4 Å². The standard InChI is InChI=1S/C15H12ClFN2O/c1-20-14-4-2-3-13(8-14)19-15(9-18)10-5-11(16)7-12(17)6-10/h2-8,15,19H,1H3. The van der Waals surface area contributed by atoms with E-state index in [1.807, 2.05) is 0 Å². The van der Waals surface area contributed by atoms with Crippen molar-refractivity contribution in [2.75, 3.05) is 12.4 Å². The van der Waals surface area contributed by atoms with Gasteiger partial charge in [0.15, 0.2) is 0 Å². The first-order valence-electron chi connectivity index (χ1n) is 5.88. The Balaban J connectivity index is 2.26. The van der Waals surface area contributed by atoms with E-state index >= 15 is 0 Å². The number of nitrogens with zero attached hydrogens (tertiary/aromatic N) is 1. The fourth-order valence-electron chi connectivity index (χ4n) is 1.81. The lowest BCUT2D eigenvalue weighted by Gasteiger charge is -2.14. The van der Waals surface area contributed by atoms with Crippen molar-refractivity contribution in [1.82, 2.24) is 0 Å². The number of anilines is 1. The van der Waals surface area contributed by atoms with Gasteiger partial charge in [-0.15, -0.1) is 0 Å². The Morgan fingerprint density at radius 2 is 2.10 bits per heavy atom. The van der Waals surface area contributed by atoms with E-state index in [0.717, 1.165) is 0 Å². The van der Waals surface area contributed by atoms with Crippen LogP contribution in [0.2, 0.25) is 5.02 Å². The molecule has 2 rings (SSSR count). The molecule has 0 saturated carbocycles. The Hall–Kier alpha value is -2.25. The summed E-state index contributed by atoms with van der Waals surface area (Å²) in [5, 5.41) is 12.5. The molecule has 5 heteroatoms. The first-order valence-corrected chi connectivity index (χ1v) is 6.26. The van der Waals surface area contributed by atoms with Gasteiger partial charge in [-0.05, 0) is 35.9 Å². The molecular weight excluding hydrogens is 279 g/mol. The molecular formula is C15H12ClFN2O. The van der Waals surface area contributed by atoms with Gasteiger partial charge < -0.3 is 10.1 Å². The lowest BCUT2D eigenvalue weighted by atomic mass is 10.1. The Kier molecular flexibility index (Phi) is 4.44. The second kappa shape index (κ2) is 6.27. The number of rotatable bonds is 4. The van der Waals surface area contributed by atoms with Gasteiger partial charge in [0.1, 0.15) is 17.6 Å². The van der Waals surface area contributed by atoms with Crippen molar-refractivity contribution in [3.05, 3.63) is 58.9 Å². The first-order chi connectivity index (χ1) is 9.62. The molecule has 0 aromatic heterocycles. The molecule has 0 heterocycles. The Bertz CT molecular complexity index is 634. The topological polar surface area (TPSA) is 45.0 Å². The lowest BCUT2D eigenvalue weighted by Crippen LogP contribution is -2.09. The summed E-state index contributed by atoms with van der Waals surface area (Å²) >= 11 is 5.80. The highest BCUT2D eigenvalue weighted by atomic mass is 35.5. The second-order valence-corrected chi connectivity index (χ2v) is 4.58. The fourth-order valence-corrected chi connectivity index (χ4v) is 2.04. The van der Waals surface area contributed by atoms with Crippen LogP contribution in [0.5, 0.6) is 5.75 Å². The summed E-state index contributed by atoms with van der Waals surface area (Å²) in [4.78, 5) is 0. The minimum Gasteiger partial charge on any atom is -0.497 e. The van der Waals surface area contributed by atoms with Gasteiger partial charge >= 0.3 is 0 Å². The number of halogens is 2. The Morgan fingerprint density at radius 1 is 1.30 bits per heavy atom. The van der Waals surface area contributed by atoms with E-state index in [0.29, 0.717) is 17.0 Å². The van der Waals surface area contributed by atoms with Crippen LogP contribution in [0.4, 0.5) is 10.1 Å². The van der Waals surface area contributed by atoms with Gasteiger partial charge in [-0.25, -0.2) is 4.39 Å². The number of methoxy groups -OCH3 is 1. The van der Waals surface area contributed by atoms with Gasteiger partial charge in [-0.3, -0.25) is 0 Å². The molecule has 0 aliphatic heterocycles.